The molecule has 5 aromatic heterocycles. The first-order valence-electron chi connectivity index (χ1n) is 18.1. The van der Waals surface area contributed by atoms with Crippen LogP contribution in [0.2, 0.25) is 0 Å². The molecule has 6 aromatic carbocycles. The van der Waals surface area contributed by atoms with Gasteiger partial charge in [0.1, 0.15) is 33.7 Å². The highest BCUT2D eigenvalue weighted by Crippen LogP contribution is 2.46. The fraction of sp³-hybridized carbons (Fsp3) is 0.130. The smallest absolute Gasteiger partial charge is 0.319 e. The summed E-state index contributed by atoms with van der Waals surface area (Å²) in [5.41, 5.74) is 13.2. The van der Waals surface area contributed by atoms with Crippen LogP contribution in [-0.2, 0) is 0 Å². The van der Waals surface area contributed by atoms with E-state index >= 15 is 0 Å². The summed E-state index contributed by atoms with van der Waals surface area (Å²) in [6.45, 7) is 9.05. The van der Waals surface area contributed by atoms with Gasteiger partial charge in [-0.1, -0.05) is 88.4 Å². The Kier molecular flexibility index (Phi) is 6.21. The van der Waals surface area contributed by atoms with Crippen molar-refractivity contribution in [2.75, 3.05) is 0 Å². The van der Waals surface area contributed by atoms with Gasteiger partial charge in [0, 0.05) is 21.5 Å². The molecule has 11 rings (SSSR count). The standard InChI is InChI=1S/C46H33N3O4/c1-24(2)31-19-27(26-11-6-5-7-12-26)20-32(25(3)4)42(31)49-43-35(17-18-37-40(43)41-46(53-37)50-23-47-41)48-45(49)30-15-10-14-29-34-22-38-33(21-39(34)52-44(29)30)28-13-8-9-16-36(28)51-38/h5-25H,1-4H3. The molecule has 0 amide bonds. The number of aromatic nitrogens is 3. The Morgan fingerprint density at radius 2 is 1.30 bits per heavy atom. The Bertz CT molecular complexity index is 3210. The van der Waals surface area contributed by atoms with E-state index in [2.05, 4.69) is 116 Å². The second-order valence-electron chi connectivity index (χ2n) is 14.6. The molecule has 0 spiro atoms. The number of hydrogen-bond acceptors (Lipinski definition) is 6. The lowest BCUT2D eigenvalue weighted by Crippen LogP contribution is -2.09. The van der Waals surface area contributed by atoms with Gasteiger partial charge in [-0.25, -0.2) is 9.97 Å². The molecule has 0 aliphatic heterocycles. The van der Waals surface area contributed by atoms with E-state index in [1.807, 2.05) is 30.3 Å². The highest BCUT2D eigenvalue weighted by Gasteiger charge is 2.28. The lowest BCUT2D eigenvalue weighted by atomic mass is 9.88. The van der Waals surface area contributed by atoms with Crippen molar-refractivity contribution in [3.8, 4) is 28.2 Å². The quantitative estimate of drug-likeness (QED) is 0.179. The van der Waals surface area contributed by atoms with Crippen molar-refractivity contribution in [3.63, 3.8) is 0 Å². The van der Waals surface area contributed by atoms with E-state index in [1.54, 1.807) is 0 Å². The molecule has 0 N–H and O–H groups in total. The molecule has 0 radical (unpaired) electrons. The first-order chi connectivity index (χ1) is 25.9. The van der Waals surface area contributed by atoms with Crippen molar-refractivity contribution in [2.45, 2.75) is 39.5 Å². The van der Waals surface area contributed by atoms with Crippen molar-refractivity contribution in [3.05, 3.63) is 127 Å². The monoisotopic (exact) mass is 691 g/mol. The number of benzene rings is 6. The molecule has 7 heteroatoms. The normalized spacial score (nSPS) is 12.5. The Morgan fingerprint density at radius 1 is 0.585 bits per heavy atom. The molecule has 0 saturated carbocycles. The maximum absolute atomic E-state index is 6.87. The molecule has 0 fully saturated rings. The molecule has 11 aromatic rings. The van der Waals surface area contributed by atoms with Gasteiger partial charge in [0.25, 0.3) is 0 Å². The number of para-hydroxylation sites is 2. The minimum Gasteiger partial charge on any atom is -0.456 e. The Hall–Kier alpha value is -6.60. The summed E-state index contributed by atoms with van der Waals surface area (Å²) >= 11 is 0. The number of rotatable bonds is 5. The number of fused-ring (bicyclic) bond motifs is 11. The van der Waals surface area contributed by atoms with E-state index in [1.165, 1.54) is 28.6 Å². The molecule has 0 aliphatic carbocycles. The predicted molar refractivity (Wildman–Crippen MR) is 212 cm³/mol. The van der Waals surface area contributed by atoms with Gasteiger partial charge in [0.2, 0.25) is 0 Å². The van der Waals surface area contributed by atoms with Gasteiger partial charge >= 0.3 is 5.78 Å². The van der Waals surface area contributed by atoms with Crippen molar-refractivity contribution in [1.29, 1.82) is 0 Å². The predicted octanol–water partition coefficient (Wildman–Crippen LogP) is 13.3. The molecule has 53 heavy (non-hydrogen) atoms. The van der Waals surface area contributed by atoms with Crippen LogP contribution in [0.4, 0.5) is 0 Å². The SMILES string of the molecule is CC(C)c1cc(-c2ccccc2)cc(C(C)C)c1-n1c(-c2cccc3c2oc2cc4c(cc23)oc2ccccc24)nc2ccc3oc4ocnc4c3c21. The molecule has 0 aliphatic rings. The summed E-state index contributed by atoms with van der Waals surface area (Å²) in [4.78, 5) is 10.1. The van der Waals surface area contributed by atoms with Gasteiger partial charge in [0.05, 0.1) is 27.7 Å². The Morgan fingerprint density at radius 3 is 2.09 bits per heavy atom. The lowest BCUT2D eigenvalue weighted by Gasteiger charge is -2.24. The molecule has 7 nitrogen and oxygen atoms in total. The molecule has 256 valence electrons. The summed E-state index contributed by atoms with van der Waals surface area (Å²) in [6.07, 6.45) is 1.44. The van der Waals surface area contributed by atoms with Gasteiger partial charge in [-0.05, 0) is 82.6 Å². The van der Waals surface area contributed by atoms with Crippen LogP contribution >= 0.6 is 0 Å². The van der Waals surface area contributed by atoms with Crippen LogP contribution in [0.15, 0.2) is 133 Å². The second kappa shape index (κ2) is 11.0. The second-order valence-corrected chi connectivity index (χ2v) is 14.6. The van der Waals surface area contributed by atoms with E-state index < -0.39 is 0 Å². The average Bonchev–Trinajstić information content (AvgIpc) is 3.99. The van der Waals surface area contributed by atoms with Crippen molar-refractivity contribution < 1.29 is 17.7 Å². The van der Waals surface area contributed by atoms with E-state index in [0.717, 1.165) is 77.4 Å². The van der Waals surface area contributed by atoms with Gasteiger partial charge < -0.3 is 17.7 Å². The third-order valence-electron chi connectivity index (χ3n) is 10.7. The van der Waals surface area contributed by atoms with Gasteiger partial charge in [-0.15, -0.1) is 0 Å². The molecule has 5 heterocycles. The van der Waals surface area contributed by atoms with Crippen LogP contribution in [0.1, 0.15) is 50.7 Å². The number of oxazole rings is 1. The first-order valence-corrected chi connectivity index (χ1v) is 18.1. The summed E-state index contributed by atoms with van der Waals surface area (Å²) in [5.74, 6) is 1.56. The molecule has 0 saturated heterocycles. The van der Waals surface area contributed by atoms with Crippen molar-refractivity contribution in [1.82, 2.24) is 14.5 Å². The highest BCUT2D eigenvalue weighted by molar-refractivity contribution is 6.18. The average molecular weight is 692 g/mol. The minimum absolute atomic E-state index is 0.194. The Balaban J connectivity index is 1.28. The first kappa shape index (κ1) is 30.1. The van der Waals surface area contributed by atoms with Crippen molar-refractivity contribution in [2.24, 2.45) is 0 Å². The molecule has 0 unspecified atom stereocenters. The Labute approximate surface area is 303 Å². The number of imidazole rings is 1. The third kappa shape index (κ3) is 4.28. The highest BCUT2D eigenvalue weighted by atomic mass is 16.5. The summed E-state index contributed by atoms with van der Waals surface area (Å²) < 4.78 is 27.4. The maximum Gasteiger partial charge on any atom is 0.319 e. The zero-order valence-corrected chi connectivity index (χ0v) is 29.6. The van der Waals surface area contributed by atoms with Crippen molar-refractivity contribution >= 4 is 77.2 Å². The summed E-state index contributed by atoms with van der Waals surface area (Å²) in [6, 6.07) is 38.0. The fourth-order valence-electron chi connectivity index (χ4n) is 8.24. The third-order valence-corrected chi connectivity index (χ3v) is 10.7. The van der Waals surface area contributed by atoms with E-state index in [4.69, 9.17) is 22.7 Å². The molecule has 0 bridgehead atoms. The molecular weight excluding hydrogens is 659 g/mol. The number of hydrogen-bond donors (Lipinski definition) is 0. The van der Waals surface area contributed by atoms with Gasteiger partial charge in [-0.2, -0.15) is 0 Å². The minimum atomic E-state index is 0.194. The zero-order chi connectivity index (χ0) is 35.5. The van der Waals surface area contributed by atoms with Gasteiger partial charge in [0.15, 0.2) is 11.9 Å². The zero-order valence-electron chi connectivity index (χ0n) is 29.6. The molecule has 0 atom stereocenters. The maximum atomic E-state index is 6.87. The number of furan rings is 3. The molecular formula is C46H33N3O4. The summed E-state index contributed by atoms with van der Waals surface area (Å²) in [7, 11) is 0. The van der Waals surface area contributed by atoms with Crippen LogP contribution in [-0.4, -0.2) is 14.5 Å². The van der Waals surface area contributed by atoms with Crippen LogP contribution < -0.4 is 0 Å². The largest absolute Gasteiger partial charge is 0.456 e. The van der Waals surface area contributed by atoms with E-state index in [0.29, 0.717) is 16.9 Å². The van der Waals surface area contributed by atoms with Crippen LogP contribution in [0, 0.1) is 0 Å². The van der Waals surface area contributed by atoms with Crippen LogP contribution in [0.5, 0.6) is 0 Å². The summed E-state index contributed by atoms with van der Waals surface area (Å²) in [5, 5.41) is 4.96. The van der Waals surface area contributed by atoms with Crippen LogP contribution in [0.25, 0.3) is 105 Å². The number of nitrogens with zero attached hydrogens (tertiary/aromatic N) is 3. The van der Waals surface area contributed by atoms with E-state index in [9.17, 15) is 0 Å². The van der Waals surface area contributed by atoms with E-state index in [-0.39, 0.29) is 11.8 Å². The topological polar surface area (TPSA) is 83.3 Å². The van der Waals surface area contributed by atoms with Gasteiger partial charge in [-0.3, -0.25) is 4.57 Å². The fourth-order valence-corrected chi connectivity index (χ4v) is 8.24. The van der Waals surface area contributed by atoms with Crippen LogP contribution in [0.3, 0.4) is 0 Å². The lowest BCUT2D eigenvalue weighted by molar-refractivity contribution is 0.494.